The zero-order valence-electron chi connectivity index (χ0n) is 16.9. The molecule has 0 atom stereocenters. The number of hydrogen-bond acceptors (Lipinski definition) is 5. The van der Waals surface area contributed by atoms with Crippen LogP contribution in [-0.2, 0) is 16.1 Å². The van der Waals surface area contributed by atoms with Gasteiger partial charge in [0.1, 0.15) is 12.3 Å². The van der Waals surface area contributed by atoms with Gasteiger partial charge in [0, 0.05) is 31.6 Å². The lowest BCUT2D eigenvalue weighted by Gasteiger charge is -2.31. The Morgan fingerprint density at radius 2 is 2.07 bits per heavy atom. The average molecular weight is 421 g/mol. The first-order chi connectivity index (χ1) is 13.6. The van der Waals surface area contributed by atoms with Gasteiger partial charge in [-0.25, -0.2) is 4.99 Å². The van der Waals surface area contributed by atoms with Gasteiger partial charge in [0.25, 0.3) is 0 Å². The van der Waals surface area contributed by atoms with Crippen molar-refractivity contribution in [3.8, 4) is 5.75 Å². The van der Waals surface area contributed by atoms with Gasteiger partial charge in [-0.1, -0.05) is 19.3 Å². The van der Waals surface area contributed by atoms with Crippen molar-refractivity contribution in [2.24, 2.45) is 4.99 Å². The number of guanidine groups is 1. The highest BCUT2D eigenvalue weighted by Gasteiger charge is 2.29. The van der Waals surface area contributed by atoms with Crippen molar-refractivity contribution in [3.63, 3.8) is 0 Å². The molecule has 2 heterocycles. The molecule has 4 rings (SSSR count). The third kappa shape index (κ3) is 5.01. The van der Waals surface area contributed by atoms with Gasteiger partial charge in [-0.15, -0.1) is 12.4 Å². The first kappa shape index (κ1) is 21.4. The Hall–Kier alpha value is -2.28. The van der Waals surface area contributed by atoms with Gasteiger partial charge in [0.15, 0.2) is 0 Å². The van der Waals surface area contributed by atoms with Crippen LogP contribution in [0.3, 0.4) is 0 Å². The zero-order valence-corrected chi connectivity index (χ0v) is 17.7. The van der Waals surface area contributed by atoms with E-state index in [-0.39, 0.29) is 24.2 Å². The lowest BCUT2D eigenvalue weighted by molar-refractivity contribution is -0.132. The second-order valence-electron chi connectivity index (χ2n) is 7.88. The molecule has 2 amide bonds. The second-order valence-corrected chi connectivity index (χ2v) is 7.88. The van der Waals surface area contributed by atoms with Crippen molar-refractivity contribution in [2.75, 3.05) is 20.2 Å². The number of carbonyl (C=O) groups excluding carboxylic acids is 2. The molecule has 8 heteroatoms. The molecule has 158 valence electrons. The summed E-state index contributed by atoms with van der Waals surface area (Å²) < 4.78 is 5.86. The van der Waals surface area contributed by atoms with Gasteiger partial charge >= 0.3 is 0 Å². The highest BCUT2D eigenvalue weighted by Crippen LogP contribution is 2.30. The Kier molecular flexibility index (Phi) is 7.00. The van der Waals surface area contributed by atoms with E-state index >= 15 is 0 Å². The van der Waals surface area contributed by atoms with Crippen molar-refractivity contribution >= 4 is 35.9 Å². The van der Waals surface area contributed by atoms with Crippen molar-refractivity contribution < 1.29 is 14.3 Å². The molecule has 1 N–H and O–H groups in total. The first-order valence-electron chi connectivity index (χ1n) is 10.2. The molecule has 29 heavy (non-hydrogen) atoms. The van der Waals surface area contributed by atoms with Crippen LogP contribution in [-0.4, -0.2) is 53.8 Å². The number of benzene rings is 1. The molecule has 0 aromatic heterocycles. The quantitative estimate of drug-likeness (QED) is 0.718. The van der Waals surface area contributed by atoms with Crippen LogP contribution in [0, 0.1) is 0 Å². The maximum Gasteiger partial charge on any atom is 0.246 e. The molecular formula is C21H29ClN4O3. The van der Waals surface area contributed by atoms with Crippen LogP contribution in [0.5, 0.6) is 5.75 Å². The largest absolute Gasteiger partial charge is 0.494 e. The summed E-state index contributed by atoms with van der Waals surface area (Å²) in [5.41, 5.74) is 1.91. The van der Waals surface area contributed by atoms with Crippen LogP contribution < -0.4 is 10.1 Å². The van der Waals surface area contributed by atoms with Gasteiger partial charge < -0.3 is 14.5 Å². The normalized spacial score (nSPS) is 18.2. The topological polar surface area (TPSA) is 74.2 Å². The number of nitrogens with one attached hydrogen (secondary N) is 1. The molecule has 2 aliphatic heterocycles. The summed E-state index contributed by atoms with van der Waals surface area (Å²) in [5.74, 6) is 1.61. The molecule has 0 radical (unpaired) electrons. The third-order valence-corrected chi connectivity index (χ3v) is 5.84. The molecule has 2 fully saturated rings. The number of halogens is 1. The minimum atomic E-state index is -0.0223. The van der Waals surface area contributed by atoms with E-state index in [9.17, 15) is 9.59 Å². The summed E-state index contributed by atoms with van der Waals surface area (Å²) >= 11 is 0. The van der Waals surface area contributed by atoms with Crippen molar-refractivity contribution in [3.05, 3.63) is 23.8 Å². The van der Waals surface area contributed by atoms with E-state index < -0.39 is 0 Å². The molecular weight excluding hydrogens is 392 g/mol. The van der Waals surface area contributed by atoms with Crippen LogP contribution >= 0.6 is 12.4 Å². The SMILES string of the molecule is CN(C(=O)CCCOc1ccc2c(c1)CN1CC(=O)NC1=N2)C1CCCCC1.Cl. The molecule has 0 spiro atoms. The molecule has 1 saturated carbocycles. The van der Waals surface area contributed by atoms with Gasteiger partial charge in [0.2, 0.25) is 17.8 Å². The van der Waals surface area contributed by atoms with Crippen LogP contribution in [0.4, 0.5) is 5.69 Å². The van der Waals surface area contributed by atoms with Crippen molar-refractivity contribution in [1.82, 2.24) is 15.1 Å². The molecule has 0 bridgehead atoms. The van der Waals surface area contributed by atoms with Gasteiger partial charge in [-0.05, 0) is 37.5 Å². The Balaban J connectivity index is 0.00000240. The van der Waals surface area contributed by atoms with Gasteiger partial charge in [-0.3, -0.25) is 14.9 Å². The minimum Gasteiger partial charge on any atom is -0.494 e. The second kappa shape index (κ2) is 9.48. The van der Waals surface area contributed by atoms with Gasteiger partial charge in [-0.2, -0.15) is 0 Å². The fraction of sp³-hybridized carbons (Fsp3) is 0.571. The summed E-state index contributed by atoms with van der Waals surface area (Å²) in [6.45, 7) is 1.51. The number of hydrogen-bond donors (Lipinski definition) is 1. The maximum atomic E-state index is 12.4. The maximum absolute atomic E-state index is 12.4. The van der Waals surface area contributed by atoms with Crippen LogP contribution in [0.25, 0.3) is 0 Å². The van der Waals surface area contributed by atoms with Crippen molar-refractivity contribution in [2.45, 2.75) is 57.5 Å². The van der Waals surface area contributed by atoms with E-state index in [2.05, 4.69) is 10.3 Å². The fourth-order valence-corrected chi connectivity index (χ4v) is 4.19. The van der Waals surface area contributed by atoms with E-state index in [1.807, 2.05) is 35.0 Å². The number of amides is 2. The lowest BCUT2D eigenvalue weighted by atomic mass is 9.94. The fourth-order valence-electron chi connectivity index (χ4n) is 4.19. The van der Waals surface area contributed by atoms with E-state index in [1.54, 1.807) is 0 Å². The molecule has 1 aliphatic carbocycles. The van der Waals surface area contributed by atoms with Crippen LogP contribution in [0.2, 0.25) is 0 Å². The molecule has 0 unspecified atom stereocenters. The number of aliphatic imine (C=N–C) groups is 1. The average Bonchev–Trinajstić information content (AvgIpc) is 3.08. The molecule has 1 saturated heterocycles. The number of fused-ring (bicyclic) bond motifs is 2. The summed E-state index contributed by atoms with van der Waals surface area (Å²) in [7, 11) is 1.94. The highest BCUT2D eigenvalue weighted by molar-refractivity contribution is 6.05. The monoisotopic (exact) mass is 420 g/mol. The zero-order chi connectivity index (χ0) is 19.5. The van der Waals surface area contributed by atoms with Gasteiger partial charge in [0.05, 0.1) is 12.3 Å². The predicted octanol–water partition coefficient (Wildman–Crippen LogP) is 2.99. The standard InChI is InChI=1S/C21H28N4O3.ClH/c1-24(16-6-3-2-4-7-16)20(27)8-5-11-28-17-9-10-18-15(12-17)13-25-14-19(26)23-21(25)22-18;/h9-10,12,16H,2-8,11,13-14H2,1H3,(H,22,23,26);1H. The van der Waals surface area contributed by atoms with E-state index in [0.29, 0.717) is 44.5 Å². The highest BCUT2D eigenvalue weighted by atomic mass is 35.5. The summed E-state index contributed by atoms with van der Waals surface area (Å²) in [4.78, 5) is 32.3. The Bertz CT molecular complexity index is 792. The Morgan fingerprint density at radius 1 is 1.28 bits per heavy atom. The van der Waals surface area contributed by atoms with E-state index in [4.69, 9.17) is 4.74 Å². The number of ether oxygens (including phenoxy) is 1. The van der Waals surface area contributed by atoms with E-state index in [1.165, 1.54) is 19.3 Å². The van der Waals surface area contributed by atoms with Crippen LogP contribution in [0.1, 0.15) is 50.5 Å². The smallest absolute Gasteiger partial charge is 0.246 e. The number of carbonyl (C=O) groups is 2. The molecule has 7 nitrogen and oxygen atoms in total. The minimum absolute atomic E-state index is 0. The lowest BCUT2D eigenvalue weighted by Crippen LogP contribution is -2.38. The predicted molar refractivity (Wildman–Crippen MR) is 114 cm³/mol. The molecule has 1 aromatic carbocycles. The number of rotatable bonds is 6. The Morgan fingerprint density at radius 3 is 2.86 bits per heavy atom. The summed E-state index contributed by atoms with van der Waals surface area (Å²) in [6, 6.07) is 6.21. The van der Waals surface area contributed by atoms with Crippen molar-refractivity contribution in [1.29, 1.82) is 0 Å². The summed E-state index contributed by atoms with van der Waals surface area (Å²) in [6.07, 6.45) is 7.26. The van der Waals surface area contributed by atoms with Crippen LogP contribution in [0.15, 0.2) is 23.2 Å². The Labute approximate surface area is 177 Å². The molecule has 3 aliphatic rings. The summed E-state index contributed by atoms with van der Waals surface area (Å²) in [5, 5.41) is 2.77. The van der Waals surface area contributed by atoms with E-state index in [0.717, 1.165) is 29.8 Å². The third-order valence-electron chi connectivity index (χ3n) is 5.84. The first-order valence-corrected chi connectivity index (χ1v) is 10.2. The number of nitrogens with zero attached hydrogens (tertiary/aromatic N) is 3. The molecule has 1 aromatic rings.